The van der Waals surface area contributed by atoms with Crippen molar-refractivity contribution in [3.63, 3.8) is 0 Å². The van der Waals surface area contributed by atoms with Crippen molar-refractivity contribution in [3.8, 4) is 11.8 Å². The van der Waals surface area contributed by atoms with Crippen LogP contribution in [0, 0.1) is 18.8 Å². The molecule has 1 aromatic rings. The number of carbonyl (C=O) groups excluding carboxylic acids is 1. The molecule has 0 heterocycles. The molecule has 21 heavy (non-hydrogen) atoms. The maximum Gasteiger partial charge on any atom is 0.226 e. The van der Waals surface area contributed by atoms with Crippen LogP contribution in [0.2, 0.25) is 0 Å². The molecule has 4 heteroatoms. The van der Waals surface area contributed by atoms with Gasteiger partial charge in [-0.2, -0.15) is 0 Å². The summed E-state index contributed by atoms with van der Waals surface area (Å²) in [6, 6.07) is 5.64. The van der Waals surface area contributed by atoms with Crippen molar-refractivity contribution < 1.29 is 14.6 Å². The normalized spacial score (nSPS) is 9.86. The molecule has 0 aromatic heterocycles. The second-order valence-electron chi connectivity index (χ2n) is 4.72. The van der Waals surface area contributed by atoms with Crippen molar-refractivity contribution in [2.45, 2.75) is 33.1 Å². The summed E-state index contributed by atoms with van der Waals surface area (Å²) in [6.07, 6.45) is 1.78. The van der Waals surface area contributed by atoms with Crippen molar-refractivity contribution in [2.24, 2.45) is 0 Å². The Morgan fingerprint density at radius 1 is 1.38 bits per heavy atom. The number of ether oxygens (including phenoxy) is 1. The Bertz CT molecular complexity index is 515. The zero-order valence-corrected chi connectivity index (χ0v) is 12.7. The lowest BCUT2D eigenvalue weighted by atomic mass is 10.1. The first-order valence-electron chi connectivity index (χ1n) is 7.25. The molecule has 0 radical (unpaired) electrons. The third-order valence-electron chi connectivity index (χ3n) is 2.79. The molecule has 0 fully saturated rings. The molecule has 0 spiro atoms. The van der Waals surface area contributed by atoms with E-state index in [0.29, 0.717) is 26.1 Å². The molecule has 1 aromatic carbocycles. The minimum absolute atomic E-state index is 0.0479. The third kappa shape index (κ3) is 6.94. The standard InChI is InChI=1S/C17H23NO3/c1-3-11-21-12-9-17(20)18-16-8-7-15(13-14(16)2)6-4-5-10-19/h7-8,13,19H,3,5,9-12H2,1-2H3,(H,18,20). The number of aliphatic hydroxyl groups excluding tert-OH is 1. The van der Waals surface area contributed by atoms with Crippen molar-refractivity contribution >= 4 is 11.6 Å². The maximum absolute atomic E-state index is 11.8. The summed E-state index contributed by atoms with van der Waals surface area (Å²) >= 11 is 0. The highest BCUT2D eigenvalue weighted by atomic mass is 16.5. The Morgan fingerprint density at radius 3 is 2.86 bits per heavy atom. The Hall–Kier alpha value is -1.83. The Kier molecular flexibility index (Phi) is 8.18. The van der Waals surface area contributed by atoms with Gasteiger partial charge in [-0.15, -0.1) is 0 Å². The first-order valence-corrected chi connectivity index (χ1v) is 7.25. The smallest absolute Gasteiger partial charge is 0.226 e. The largest absolute Gasteiger partial charge is 0.395 e. The molecule has 2 N–H and O–H groups in total. The van der Waals surface area contributed by atoms with Gasteiger partial charge in [0, 0.05) is 24.3 Å². The summed E-state index contributed by atoms with van der Waals surface area (Å²) in [5.74, 6) is 5.80. The lowest BCUT2D eigenvalue weighted by molar-refractivity contribution is -0.117. The van der Waals surface area contributed by atoms with Gasteiger partial charge < -0.3 is 15.2 Å². The van der Waals surface area contributed by atoms with Crippen LogP contribution in [0.3, 0.4) is 0 Å². The third-order valence-corrected chi connectivity index (χ3v) is 2.79. The summed E-state index contributed by atoms with van der Waals surface area (Å²) in [5, 5.41) is 11.6. The van der Waals surface area contributed by atoms with Crippen LogP contribution in [-0.4, -0.2) is 30.8 Å². The lowest BCUT2D eigenvalue weighted by Crippen LogP contribution is -2.15. The predicted octanol–water partition coefficient (Wildman–Crippen LogP) is 2.48. The zero-order chi connectivity index (χ0) is 15.5. The van der Waals surface area contributed by atoms with E-state index < -0.39 is 0 Å². The highest BCUT2D eigenvalue weighted by Crippen LogP contribution is 2.16. The molecule has 4 nitrogen and oxygen atoms in total. The molecule has 0 aliphatic rings. The van der Waals surface area contributed by atoms with E-state index in [0.717, 1.165) is 23.2 Å². The molecular weight excluding hydrogens is 266 g/mol. The molecule has 114 valence electrons. The van der Waals surface area contributed by atoms with E-state index >= 15 is 0 Å². The second kappa shape index (κ2) is 9.98. The molecule has 0 aliphatic heterocycles. The van der Waals surface area contributed by atoms with Crippen LogP contribution in [0.4, 0.5) is 5.69 Å². The average Bonchev–Trinajstić information content (AvgIpc) is 2.47. The van der Waals surface area contributed by atoms with Gasteiger partial charge in [-0.05, 0) is 37.1 Å². The summed E-state index contributed by atoms with van der Waals surface area (Å²) in [4.78, 5) is 11.8. The quantitative estimate of drug-likeness (QED) is 0.599. The average molecular weight is 289 g/mol. The summed E-state index contributed by atoms with van der Waals surface area (Å²) < 4.78 is 5.30. The fourth-order valence-electron chi connectivity index (χ4n) is 1.73. The number of amides is 1. The molecule has 0 unspecified atom stereocenters. The second-order valence-corrected chi connectivity index (χ2v) is 4.72. The topological polar surface area (TPSA) is 58.6 Å². The van der Waals surface area contributed by atoms with Crippen LogP contribution in [0.1, 0.15) is 37.3 Å². The Labute approximate surface area is 126 Å². The van der Waals surface area contributed by atoms with Gasteiger partial charge in [0.15, 0.2) is 0 Å². The molecule has 0 bridgehead atoms. The number of aliphatic hydroxyl groups is 1. The van der Waals surface area contributed by atoms with Gasteiger partial charge in [0.1, 0.15) is 0 Å². The number of anilines is 1. The van der Waals surface area contributed by atoms with Crippen LogP contribution >= 0.6 is 0 Å². The van der Waals surface area contributed by atoms with E-state index in [1.54, 1.807) is 0 Å². The van der Waals surface area contributed by atoms with Crippen LogP contribution in [0.25, 0.3) is 0 Å². The van der Waals surface area contributed by atoms with E-state index in [-0.39, 0.29) is 12.5 Å². The summed E-state index contributed by atoms with van der Waals surface area (Å²) in [5.41, 5.74) is 2.64. The number of rotatable bonds is 7. The van der Waals surface area contributed by atoms with Crippen LogP contribution < -0.4 is 5.32 Å². The van der Waals surface area contributed by atoms with E-state index in [1.807, 2.05) is 32.0 Å². The van der Waals surface area contributed by atoms with E-state index in [4.69, 9.17) is 9.84 Å². The fourth-order valence-corrected chi connectivity index (χ4v) is 1.73. The number of hydrogen-bond donors (Lipinski definition) is 2. The Balaban J connectivity index is 2.52. The highest BCUT2D eigenvalue weighted by Gasteiger charge is 2.05. The minimum atomic E-state index is -0.0479. The van der Waals surface area contributed by atoms with E-state index in [1.165, 1.54) is 0 Å². The Morgan fingerprint density at radius 2 is 2.19 bits per heavy atom. The zero-order valence-electron chi connectivity index (χ0n) is 12.7. The van der Waals surface area contributed by atoms with Crippen molar-refractivity contribution in [1.29, 1.82) is 0 Å². The van der Waals surface area contributed by atoms with Crippen LogP contribution in [0.5, 0.6) is 0 Å². The SMILES string of the molecule is CCCOCCC(=O)Nc1ccc(C#CCCO)cc1C. The first-order chi connectivity index (χ1) is 10.2. The summed E-state index contributed by atoms with van der Waals surface area (Å²) in [6.45, 7) is 5.17. The molecule has 0 saturated heterocycles. The molecule has 0 aliphatic carbocycles. The van der Waals surface area contributed by atoms with Gasteiger partial charge >= 0.3 is 0 Å². The lowest BCUT2D eigenvalue weighted by Gasteiger charge is -2.09. The number of carbonyl (C=O) groups is 1. The van der Waals surface area contributed by atoms with Crippen molar-refractivity contribution in [2.75, 3.05) is 25.1 Å². The molecular formula is C17H23NO3. The van der Waals surface area contributed by atoms with Gasteiger partial charge in [-0.3, -0.25) is 4.79 Å². The number of nitrogens with one attached hydrogen (secondary N) is 1. The molecule has 1 rings (SSSR count). The van der Waals surface area contributed by atoms with Gasteiger partial charge in [0.25, 0.3) is 0 Å². The monoisotopic (exact) mass is 289 g/mol. The van der Waals surface area contributed by atoms with Crippen molar-refractivity contribution in [3.05, 3.63) is 29.3 Å². The minimum Gasteiger partial charge on any atom is -0.395 e. The van der Waals surface area contributed by atoms with Gasteiger partial charge in [-0.25, -0.2) is 0 Å². The molecule has 0 atom stereocenters. The van der Waals surface area contributed by atoms with Gasteiger partial charge in [0.2, 0.25) is 5.91 Å². The number of benzene rings is 1. The van der Waals surface area contributed by atoms with Crippen LogP contribution in [0.15, 0.2) is 18.2 Å². The van der Waals surface area contributed by atoms with Gasteiger partial charge in [0.05, 0.1) is 19.6 Å². The summed E-state index contributed by atoms with van der Waals surface area (Å²) in [7, 11) is 0. The first kappa shape index (κ1) is 17.2. The van der Waals surface area contributed by atoms with E-state index in [9.17, 15) is 4.79 Å². The van der Waals surface area contributed by atoms with E-state index in [2.05, 4.69) is 17.2 Å². The maximum atomic E-state index is 11.8. The molecule has 0 saturated carbocycles. The van der Waals surface area contributed by atoms with Crippen molar-refractivity contribution in [1.82, 2.24) is 0 Å². The van der Waals surface area contributed by atoms with Crippen LogP contribution in [-0.2, 0) is 9.53 Å². The predicted molar refractivity (Wildman–Crippen MR) is 84.1 cm³/mol. The number of hydrogen-bond acceptors (Lipinski definition) is 3. The molecule has 1 amide bonds. The highest BCUT2D eigenvalue weighted by molar-refractivity contribution is 5.91. The fraction of sp³-hybridized carbons (Fsp3) is 0.471. The van der Waals surface area contributed by atoms with Gasteiger partial charge in [-0.1, -0.05) is 18.8 Å². The number of aryl methyl sites for hydroxylation is 1.